The smallest absolute Gasteiger partial charge is 0.306 e. The van der Waals surface area contributed by atoms with E-state index in [1.807, 2.05) is 30.3 Å². The summed E-state index contributed by atoms with van der Waals surface area (Å²) < 4.78 is 0.885. The number of aryl methyl sites for hydroxylation is 1. The lowest BCUT2D eigenvalue weighted by Crippen LogP contribution is -1.99. The van der Waals surface area contributed by atoms with Gasteiger partial charge in [-0.15, -0.1) is 11.6 Å². The summed E-state index contributed by atoms with van der Waals surface area (Å²) in [7, 11) is 0. The van der Waals surface area contributed by atoms with E-state index in [-0.39, 0.29) is 11.1 Å². The third-order valence-corrected chi connectivity index (χ3v) is 4.77. The van der Waals surface area contributed by atoms with Crippen LogP contribution in [0.25, 0.3) is 11.0 Å². The maximum atomic E-state index is 11.4. The fourth-order valence-electron chi connectivity index (χ4n) is 2.54. The van der Waals surface area contributed by atoms with Gasteiger partial charge in [-0.25, -0.2) is 4.79 Å². The molecule has 0 saturated carbocycles. The summed E-state index contributed by atoms with van der Waals surface area (Å²) in [6.45, 7) is 2.12. The molecule has 1 aromatic heterocycles. The number of alkyl halides is 1. The molecular weight excluding hydrogens is 352 g/mol. The van der Waals surface area contributed by atoms with Crippen LogP contribution in [0.5, 0.6) is 0 Å². The van der Waals surface area contributed by atoms with Crippen molar-refractivity contribution in [3.63, 3.8) is 0 Å². The maximum absolute atomic E-state index is 11.4. The van der Waals surface area contributed by atoms with Crippen LogP contribution < -0.4 is 5.69 Å². The molecule has 0 saturated heterocycles. The molecule has 0 spiro atoms. The number of rotatable bonds is 3. The lowest BCUT2D eigenvalue weighted by molar-refractivity contribution is 1.04. The first kappa shape index (κ1) is 14.4. The molecule has 21 heavy (non-hydrogen) atoms. The van der Waals surface area contributed by atoms with E-state index < -0.39 is 0 Å². The summed E-state index contributed by atoms with van der Waals surface area (Å²) in [4.78, 5) is 16.9. The highest BCUT2D eigenvalue weighted by atomic mass is 79.9. The number of nitrogens with one attached hydrogen (secondary N) is 2. The average Bonchev–Trinajstić information content (AvgIpc) is 2.84. The van der Waals surface area contributed by atoms with Crippen LogP contribution in [-0.2, 0) is 6.42 Å². The summed E-state index contributed by atoms with van der Waals surface area (Å²) in [5, 5.41) is -0.265. The minimum absolute atomic E-state index is 0.214. The van der Waals surface area contributed by atoms with Gasteiger partial charge in [0.15, 0.2) is 0 Å². The van der Waals surface area contributed by atoms with E-state index in [0.717, 1.165) is 33.1 Å². The molecule has 108 valence electrons. The van der Waals surface area contributed by atoms with Crippen LogP contribution in [0, 0.1) is 0 Å². The SMILES string of the molecule is CCc1ccccc1C(Cl)c1cc2[nH]c(=O)[nH]c2cc1Br. The number of halogens is 2. The minimum atomic E-state index is -0.265. The fourth-order valence-corrected chi connectivity index (χ4v) is 3.64. The van der Waals surface area contributed by atoms with Crippen molar-refractivity contribution in [2.75, 3.05) is 0 Å². The third kappa shape index (κ3) is 2.65. The monoisotopic (exact) mass is 364 g/mol. The van der Waals surface area contributed by atoms with Gasteiger partial charge in [-0.3, -0.25) is 0 Å². The Morgan fingerprint density at radius 3 is 2.52 bits per heavy atom. The normalized spacial score (nSPS) is 12.7. The molecular formula is C16H14BrClN2O. The second kappa shape index (κ2) is 5.70. The van der Waals surface area contributed by atoms with Gasteiger partial charge in [0.25, 0.3) is 0 Å². The highest BCUT2D eigenvalue weighted by molar-refractivity contribution is 9.10. The number of H-pyrrole nitrogens is 2. The van der Waals surface area contributed by atoms with Gasteiger partial charge in [0.2, 0.25) is 0 Å². The number of hydrogen-bond donors (Lipinski definition) is 2. The van der Waals surface area contributed by atoms with Crippen molar-refractivity contribution in [1.29, 1.82) is 0 Å². The second-order valence-electron chi connectivity index (χ2n) is 4.91. The molecule has 1 atom stereocenters. The summed E-state index contributed by atoms with van der Waals surface area (Å²) in [5.74, 6) is 0. The first-order valence-corrected chi connectivity index (χ1v) is 7.96. The average molecular weight is 366 g/mol. The molecule has 0 aliphatic carbocycles. The Hall–Kier alpha value is -1.52. The molecule has 2 aromatic carbocycles. The lowest BCUT2D eigenvalue weighted by atomic mass is 9.97. The van der Waals surface area contributed by atoms with Gasteiger partial charge < -0.3 is 9.97 Å². The van der Waals surface area contributed by atoms with Gasteiger partial charge >= 0.3 is 5.69 Å². The number of aromatic amines is 2. The van der Waals surface area contributed by atoms with Gasteiger partial charge in [0, 0.05) is 4.47 Å². The molecule has 3 nitrogen and oxygen atoms in total. The predicted octanol–water partition coefficient (Wildman–Crippen LogP) is 4.51. The summed E-state index contributed by atoms with van der Waals surface area (Å²) in [6, 6.07) is 12.0. The summed E-state index contributed by atoms with van der Waals surface area (Å²) >= 11 is 10.2. The minimum Gasteiger partial charge on any atom is -0.306 e. The van der Waals surface area contributed by atoms with E-state index in [0.29, 0.717) is 0 Å². The standard InChI is InChI=1S/C16H14BrClN2O/c1-2-9-5-3-4-6-10(9)15(18)11-7-13-14(8-12(11)17)20-16(21)19-13/h3-8,15H,2H2,1H3,(H2,19,20,21). The van der Waals surface area contributed by atoms with Gasteiger partial charge in [-0.05, 0) is 35.2 Å². The maximum Gasteiger partial charge on any atom is 0.323 e. The third-order valence-electron chi connectivity index (χ3n) is 3.62. The number of hydrogen-bond acceptors (Lipinski definition) is 1. The van der Waals surface area contributed by atoms with Crippen molar-refractivity contribution in [2.24, 2.45) is 0 Å². The number of aromatic nitrogens is 2. The zero-order chi connectivity index (χ0) is 15.0. The zero-order valence-corrected chi connectivity index (χ0v) is 13.8. The van der Waals surface area contributed by atoms with Crippen LogP contribution in [0.4, 0.5) is 0 Å². The van der Waals surface area contributed by atoms with Crippen molar-refractivity contribution in [3.8, 4) is 0 Å². The zero-order valence-electron chi connectivity index (χ0n) is 11.4. The molecule has 0 fully saturated rings. The highest BCUT2D eigenvalue weighted by Gasteiger charge is 2.18. The fraction of sp³-hybridized carbons (Fsp3) is 0.188. The Morgan fingerprint density at radius 2 is 1.81 bits per heavy atom. The van der Waals surface area contributed by atoms with E-state index in [1.165, 1.54) is 5.56 Å². The molecule has 0 aliphatic heterocycles. The molecule has 0 aliphatic rings. The molecule has 0 amide bonds. The Bertz CT molecular complexity index is 853. The lowest BCUT2D eigenvalue weighted by Gasteiger charge is -2.16. The van der Waals surface area contributed by atoms with Gasteiger partial charge in [0.1, 0.15) is 0 Å². The molecule has 0 bridgehead atoms. The van der Waals surface area contributed by atoms with Crippen molar-refractivity contribution < 1.29 is 0 Å². The Morgan fingerprint density at radius 1 is 1.14 bits per heavy atom. The first-order valence-electron chi connectivity index (χ1n) is 6.73. The van der Waals surface area contributed by atoms with E-state index in [1.54, 1.807) is 0 Å². The molecule has 1 unspecified atom stereocenters. The van der Waals surface area contributed by atoms with Crippen molar-refractivity contribution in [2.45, 2.75) is 18.7 Å². The number of benzene rings is 2. The van der Waals surface area contributed by atoms with E-state index in [9.17, 15) is 4.79 Å². The number of imidazole rings is 1. The van der Waals surface area contributed by atoms with Crippen LogP contribution in [-0.4, -0.2) is 9.97 Å². The molecule has 0 radical (unpaired) electrons. The van der Waals surface area contributed by atoms with Crippen LogP contribution in [0.3, 0.4) is 0 Å². The molecule has 5 heteroatoms. The second-order valence-corrected chi connectivity index (χ2v) is 6.20. The van der Waals surface area contributed by atoms with Crippen molar-refractivity contribution in [1.82, 2.24) is 9.97 Å². The Balaban J connectivity index is 2.14. The van der Waals surface area contributed by atoms with E-state index in [4.69, 9.17) is 11.6 Å². The number of fused-ring (bicyclic) bond motifs is 1. The topological polar surface area (TPSA) is 48.6 Å². The molecule has 1 heterocycles. The van der Waals surface area contributed by atoms with E-state index >= 15 is 0 Å². The van der Waals surface area contributed by atoms with Crippen LogP contribution in [0.15, 0.2) is 45.7 Å². The Labute approximate surface area is 135 Å². The van der Waals surface area contributed by atoms with Crippen molar-refractivity contribution in [3.05, 3.63) is 68.0 Å². The van der Waals surface area contributed by atoms with Gasteiger partial charge in [-0.2, -0.15) is 0 Å². The van der Waals surface area contributed by atoms with E-state index in [2.05, 4.69) is 38.9 Å². The summed E-state index contributed by atoms with van der Waals surface area (Å²) in [6.07, 6.45) is 0.931. The molecule has 3 rings (SSSR count). The molecule has 3 aromatic rings. The summed E-state index contributed by atoms with van der Waals surface area (Å²) in [5.41, 5.74) is 4.59. The molecule has 2 N–H and O–H groups in total. The van der Waals surface area contributed by atoms with Gasteiger partial charge in [0.05, 0.1) is 16.4 Å². The predicted molar refractivity (Wildman–Crippen MR) is 90.1 cm³/mol. The largest absolute Gasteiger partial charge is 0.323 e. The highest BCUT2D eigenvalue weighted by Crippen LogP contribution is 2.37. The van der Waals surface area contributed by atoms with Crippen LogP contribution >= 0.6 is 27.5 Å². The van der Waals surface area contributed by atoms with Crippen LogP contribution in [0.2, 0.25) is 0 Å². The Kier molecular flexibility index (Phi) is 3.91. The van der Waals surface area contributed by atoms with Crippen LogP contribution in [0.1, 0.15) is 29.0 Å². The first-order chi connectivity index (χ1) is 10.1. The van der Waals surface area contributed by atoms with Gasteiger partial charge in [-0.1, -0.05) is 47.1 Å². The van der Waals surface area contributed by atoms with Crippen molar-refractivity contribution >= 4 is 38.6 Å². The quantitative estimate of drug-likeness (QED) is 0.659.